The molecule has 2 saturated heterocycles. The Labute approximate surface area is 201 Å². The van der Waals surface area contributed by atoms with Crippen LogP contribution in [0.4, 0.5) is 5.69 Å². The zero-order chi connectivity index (χ0) is 24.1. The third-order valence-corrected chi connectivity index (χ3v) is 6.80. The molecule has 3 atom stereocenters. The molecule has 7 heteroatoms. The molecule has 3 amide bonds. The molecule has 0 bridgehead atoms. The molecule has 2 heterocycles. The van der Waals surface area contributed by atoms with Gasteiger partial charge in [0.05, 0.1) is 5.92 Å². The fourth-order valence-corrected chi connectivity index (χ4v) is 4.92. The summed E-state index contributed by atoms with van der Waals surface area (Å²) in [5.41, 5.74) is 1.75. The van der Waals surface area contributed by atoms with Crippen molar-refractivity contribution in [1.29, 1.82) is 0 Å². The number of hydrogen-bond donors (Lipinski definition) is 1. The molecular weight excluding hydrogens is 430 g/mol. The topological polar surface area (TPSA) is 79.0 Å². The Bertz CT molecular complexity index is 998. The monoisotopic (exact) mass is 463 g/mol. The zero-order valence-corrected chi connectivity index (χ0v) is 19.9. The minimum atomic E-state index is -0.377. The molecule has 1 N–H and O–H groups in total. The van der Waals surface area contributed by atoms with Crippen molar-refractivity contribution in [2.75, 3.05) is 18.1 Å². The zero-order valence-electron chi connectivity index (χ0n) is 19.9. The summed E-state index contributed by atoms with van der Waals surface area (Å²) in [5, 5.41) is 2.93. The minimum absolute atomic E-state index is 0.000329. The summed E-state index contributed by atoms with van der Waals surface area (Å²) in [5.74, 6) is 0.0236. The second-order valence-corrected chi connectivity index (χ2v) is 9.32. The number of carbonyl (C=O) groups is 3. The first-order chi connectivity index (χ1) is 16.4. The van der Waals surface area contributed by atoms with Crippen LogP contribution in [0.1, 0.15) is 45.1 Å². The maximum Gasteiger partial charge on any atom is 0.260 e. The van der Waals surface area contributed by atoms with Crippen molar-refractivity contribution >= 4 is 23.4 Å². The third-order valence-electron chi connectivity index (χ3n) is 6.80. The first kappa shape index (κ1) is 23.8. The van der Waals surface area contributed by atoms with E-state index in [0.717, 1.165) is 30.5 Å². The molecule has 0 radical (unpaired) electrons. The van der Waals surface area contributed by atoms with Crippen molar-refractivity contribution in [2.45, 2.75) is 58.2 Å². The van der Waals surface area contributed by atoms with Crippen LogP contribution in [0.25, 0.3) is 0 Å². The predicted octanol–water partition coefficient (Wildman–Crippen LogP) is 3.52. The second kappa shape index (κ2) is 10.7. The third kappa shape index (κ3) is 5.58. The summed E-state index contributed by atoms with van der Waals surface area (Å²) in [4.78, 5) is 41.4. The summed E-state index contributed by atoms with van der Waals surface area (Å²) >= 11 is 0. The lowest BCUT2D eigenvalue weighted by Crippen LogP contribution is -2.49. The van der Waals surface area contributed by atoms with Gasteiger partial charge in [0.15, 0.2) is 6.61 Å². The maximum absolute atomic E-state index is 12.7. The second-order valence-electron chi connectivity index (χ2n) is 9.32. The van der Waals surface area contributed by atoms with E-state index in [1.807, 2.05) is 35.2 Å². The Morgan fingerprint density at radius 2 is 1.68 bits per heavy atom. The maximum atomic E-state index is 12.7. The standard InChI is InChI=1S/C27H33N3O4/c1-19-7-6-8-20(2)30(19)26(32)18-34-24-13-11-23(12-14-24)29-17-22(15-25(29)31)27(33)28-16-21-9-4-3-5-10-21/h3-5,9-14,19-20,22H,6-8,15-18H2,1-2H3,(H,28,33)/t19-,20-,22+/m1/s1. The van der Waals surface area contributed by atoms with E-state index < -0.39 is 0 Å². The number of nitrogens with one attached hydrogen (secondary N) is 1. The number of rotatable bonds is 7. The number of hydrogen-bond acceptors (Lipinski definition) is 4. The number of ether oxygens (including phenoxy) is 1. The molecule has 2 aromatic carbocycles. The highest BCUT2D eigenvalue weighted by molar-refractivity contribution is 6.00. The van der Waals surface area contributed by atoms with Crippen molar-refractivity contribution in [2.24, 2.45) is 5.92 Å². The van der Waals surface area contributed by atoms with Gasteiger partial charge in [0.1, 0.15) is 5.75 Å². The van der Waals surface area contributed by atoms with Gasteiger partial charge in [0, 0.05) is 37.3 Å². The van der Waals surface area contributed by atoms with Crippen molar-refractivity contribution < 1.29 is 19.1 Å². The van der Waals surface area contributed by atoms with E-state index in [1.54, 1.807) is 29.2 Å². The summed E-state index contributed by atoms with van der Waals surface area (Å²) < 4.78 is 5.74. The molecule has 0 unspecified atom stereocenters. The molecule has 0 saturated carbocycles. The van der Waals surface area contributed by atoms with E-state index in [1.165, 1.54) is 0 Å². The van der Waals surface area contributed by atoms with E-state index in [9.17, 15) is 14.4 Å². The van der Waals surface area contributed by atoms with Crippen molar-refractivity contribution in [3.8, 4) is 5.75 Å². The van der Waals surface area contributed by atoms with Gasteiger partial charge in [-0.1, -0.05) is 30.3 Å². The summed E-state index contributed by atoms with van der Waals surface area (Å²) in [6.45, 7) is 4.97. The molecule has 0 spiro atoms. The highest BCUT2D eigenvalue weighted by Gasteiger charge is 2.35. The molecule has 0 aliphatic carbocycles. The van der Waals surface area contributed by atoms with Crippen LogP contribution in [-0.4, -0.2) is 47.9 Å². The summed E-state index contributed by atoms with van der Waals surface area (Å²) in [7, 11) is 0. The van der Waals surface area contributed by atoms with Crippen LogP contribution in [0.3, 0.4) is 0 Å². The van der Waals surface area contributed by atoms with E-state index in [0.29, 0.717) is 18.8 Å². The average molecular weight is 464 g/mol. The number of amides is 3. The van der Waals surface area contributed by atoms with Gasteiger partial charge in [-0.3, -0.25) is 14.4 Å². The first-order valence-electron chi connectivity index (χ1n) is 12.1. The quantitative estimate of drug-likeness (QED) is 0.682. The largest absolute Gasteiger partial charge is 0.484 e. The van der Waals surface area contributed by atoms with Gasteiger partial charge in [-0.25, -0.2) is 0 Å². The number of nitrogens with zero attached hydrogens (tertiary/aromatic N) is 2. The highest BCUT2D eigenvalue weighted by atomic mass is 16.5. The lowest BCUT2D eigenvalue weighted by Gasteiger charge is -2.38. The number of benzene rings is 2. The van der Waals surface area contributed by atoms with Gasteiger partial charge >= 0.3 is 0 Å². The van der Waals surface area contributed by atoms with Crippen LogP contribution >= 0.6 is 0 Å². The van der Waals surface area contributed by atoms with Gasteiger partial charge in [-0.05, 0) is 62.9 Å². The van der Waals surface area contributed by atoms with Gasteiger partial charge < -0.3 is 19.9 Å². The molecule has 2 aromatic rings. The Hall–Kier alpha value is -3.35. The summed E-state index contributed by atoms with van der Waals surface area (Å²) in [6, 6.07) is 17.3. The molecule has 180 valence electrons. The fraction of sp³-hybridized carbons (Fsp3) is 0.444. The van der Waals surface area contributed by atoms with Crippen molar-refractivity contribution in [3.05, 3.63) is 60.2 Å². The van der Waals surface area contributed by atoms with Gasteiger partial charge in [-0.2, -0.15) is 0 Å². The van der Waals surface area contributed by atoms with E-state index in [-0.39, 0.29) is 48.8 Å². The van der Waals surface area contributed by atoms with Gasteiger partial charge in [0.25, 0.3) is 5.91 Å². The number of anilines is 1. The van der Waals surface area contributed by atoms with Gasteiger partial charge in [0.2, 0.25) is 11.8 Å². The molecule has 2 fully saturated rings. The average Bonchev–Trinajstić information content (AvgIpc) is 3.24. The molecular formula is C27H33N3O4. The molecule has 4 rings (SSSR count). The van der Waals surface area contributed by atoms with Crippen LogP contribution in [0, 0.1) is 5.92 Å². The Morgan fingerprint density at radius 1 is 1.00 bits per heavy atom. The van der Waals surface area contributed by atoms with E-state index in [4.69, 9.17) is 4.74 Å². The number of carbonyl (C=O) groups excluding carboxylic acids is 3. The van der Waals surface area contributed by atoms with Crippen LogP contribution in [0.5, 0.6) is 5.75 Å². The van der Waals surface area contributed by atoms with Crippen molar-refractivity contribution in [1.82, 2.24) is 10.2 Å². The summed E-state index contributed by atoms with van der Waals surface area (Å²) in [6.07, 6.45) is 3.40. The van der Waals surface area contributed by atoms with Crippen LogP contribution in [0.15, 0.2) is 54.6 Å². The molecule has 2 aliphatic rings. The van der Waals surface area contributed by atoms with Crippen LogP contribution in [-0.2, 0) is 20.9 Å². The number of piperidine rings is 1. The Balaban J connectivity index is 1.29. The Morgan fingerprint density at radius 3 is 2.35 bits per heavy atom. The molecule has 0 aromatic heterocycles. The molecule has 34 heavy (non-hydrogen) atoms. The van der Waals surface area contributed by atoms with Crippen LogP contribution < -0.4 is 15.0 Å². The Kier molecular flexibility index (Phi) is 7.50. The molecule has 2 aliphatic heterocycles. The normalized spacial score (nSPS) is 22.5. The fourth-order valence-electron chi connectivity index (χ4n) is 4.92. The SMILES string of the molecule is C[C@@H]1CCC[C@@H](C)N1C(=O)COc1ccc(N2C[C@@H](C(=O)NCc3ccccc3)CC2=O)cc1. The molecule has 7 nitrogen and oxygen atoms in total. The predicted molar refractivity (Wildman–Crippen MR) is 130 cm³/mol. The minimum Gasteiger partial charge on any atom is -0.484 e. The number of likely N-dealkylation sites (tertiary alicyclic amines) is 1. The lowest BCUT2D eigenvalue weighted by molar-refractivity contribution is -0.139. The van der Waals surface area contributed by atoms with E-state index >= 15 is 0 Å². The van der Waals surface area contributed by atoms with E-state index in [2.05, 4.69) is 19.2 Å². The van der Waals surface area contributed by atoms with Crippen LogP contribution in [0.2, 0.25) is 0 Å². The first-order valence-corrected chi connectivity index (χ1v) is 12.1. The van der Waals surface area contributed by atoms with Gasteiger partial charge in [-0.15, -0.1) is 0 Å². The highest BCUT2D eigenvalue weighted by Crippen LogP contribution is 2.27. The van der Waals surface area contributed by atoms with Crippen molar-refractivity contribution in [3.63, 3.8) is 0 Å². The smallest absolute Gasteiger partial charge is 0.260 e. The lowest BCUT2D eigenvalue weighted by atomic mass is 9.97.